The van der Waals surface area contributed by atoms with Gasteiger partial charge in [0.05, 0.1) is 0 Å². The summed E-state index contributed by atoms with van der Waals surface area (Å²) in [5, 5.41) is 17.9. The maximum Gasteiger partial charge on any atom is 0.488 e. The lowest BCUT2D eigenvalue weighted by molar-refractivity contribution is -0.156. The molecule has 19 heavy (non-hydrogen) atoms. The van der Waals surface area contributed by atoms with E-state index in [1.165, 1.54) is 0 Å². The molecule has 0 aliphatic heterocycles. The molecule has 0 heterocycles. The molecule has 0 amide bonds. The van der Waals surface area contributed by atoms with Gasteiger partial charge >= 0.3 is 13.1 Å². The molecule has 1 rings (SSSR count). The highest BCUT2D eigenvalue weighted by molar-refractivity contribution is 6.58. The number of carbonyl (C=O) groups is 1. The maximum absolute atomic E-state index is 11.7. The summed E-state index contributed by atoms with van der Waals surface area (Å²) in [6.45, 7) is 5.36. The zero-order valence-corrected chi connectivity index (χ0v) is 11.5. The highest BCUT2D eigenvalue weighted by atomic mass is 16.6. The predicted octanol–water partition coefficient (Wildman–Crippen LogP) is -0.422. The van der Waals surface area contributed by atoms with Gasteiger partial charge in [0.2, 0.25) is 0 Å². The molecule has 0 spiro atoms. The van der Waals surface area contributed by atoms with Crippen LogP contribution in [0, 0.1) is 0 Å². The molecule has 0 saturated carbocycles. The summed E-state index contributed by atoms with van der Waals surface area (Å²) in [6.07, 6.45) is 0.344. The number of ether oxygens (including phenoxy) is 1. The van der Waals surface area contributed by atoms with Crippen molar-refractivity contribution in [3.63, 3.8) is 0 Å². The van der Waals surface area contributed by atoms with E-state index in [0.29, 0.717) is 11.9 Å². The lowest BCUT2D eigenvalue weighted by atomic mass is 9.80. The Bertz CT molecular complexity index is 425. The molecular weight excluding hydrogens is 245 g/mol. The molecule has 1 atom stereocenters. The van der Waals surface area contributed by atoms with E-state index in [-0.39, 0.29) is 0 Å². The zero-order chi connectivity index (χ0) is 14.6. The van der Waals surface area contributed by atoms with Gasteiger partial charge in [-0.25, -0.2) is 0 Å². The van der Waals surface area contributed by atoms with Gasteiger partial charge in [0.1, 0.15) is 11.6 Å². The van der Waals surface area contributed by atoms with E-state index in [0.717, 1.165) is 5.56 Å². The molecule has 0 aliphatic carbocycles. The molecule has 0 aromatic heterocycles. The Morgan fingerprint density at radius 2 is 1.84 bits per heavy atom. The van der Waals surface area contributed by atoms with Gasteiger partial charge in [-0.2, -0.15) is 0 Å². The fraction of sp³-hybridized carbons (Fsp3) is 0.462. The summed E-state index contributed by atoms with van der Waals surface area (Å²) in [5.41, 5.74) is 6.46. The average molecular weight is 265 g/mol. The van der Waals surface area contributed by atoms with Crippen LogP contribution < -0.4 is 11.2 Å². The van der Waals surface area contributed by atoms with Gasteiger partial charge in [-0.1, -0.05) is 24.3 Å². The molecule has 1 unspecified atom stereocenters. The second-order valence-electron chi connectivity index (χ2n) is 5.46. The van der Waals surface area contributed by atoms with E-state index in [9.17, 15) is 4.79 Å². The minimum absolute atomic E-state index is 0.344. The largest absolute Gasteiger partial charge is 0.488 e. The lowest BCUT2D eigenvalue weighted by Crippen LogP contribution is -2.39. The first kappa shape index (κ1) is 15.7. The Morgan fingerprint density at radius 3 is 2.26 bits per heavy atom. The van der Waals surface area contributed by atoms with Crippen LogP contribution in [-0.4, -0.2) is 34.8 Å². The van der Waals surface area contributed by atoms with Crippen LogP contribution >= 0.6 is 0 Å². The molecule has 1 aromatic rings. The van der Waals surface area contributed by atoms with Crippen LogP contribution in [0.25, 0.3) is 0 Å². The molecular formula is C13H20BNO4. The number of benzene rings is 1. The van der Waals surface area contributed by atoms with Crippen LogP contribution in [-0.2, 0) is 16.0 Å². The monoisotopic (exact) mass is 265 g/mol. The van der Waals surface area contributed by atoms with E-state index < -0.39 is 24.7 Å². The van der Waals surface area contributed by atoms with Gasteiger partial charge in [0.25, 0.3) is 0 Å². The first-order chi connectivity index (χ1) is 8.69. The zero-order valence-electron chi connectivity index (χ0n) is 11.5. The number of hydrogen-bond acceptors (Lipinski definition) is 5. The highest BCUT2D eigenvalue weighted by Gasteiger charge is 2.22. The van der Waals surface area contributed by atoms with Crippen LogP contribution in [0.2, 0.25) is 0 Å². The van der Waals surface area contributed by atoms with Crippen LogP contribution in [0.3, 0.4) is 0 Å². The van der Waals surface area contributed by atoms with Crippen molar-refractivity contribution >= 4 is 18.6 Å². The fourth-order valence-electron chi connectivity index (χ4n) is 1.54. The number of esters is 1. The summed E-state index contributed by atoms with van der Waals surface area (Å²) in [4.78, 5) is 11.7. The normalized spacial score (nSPS) is 12.9. The molecule has 6 heteroatoms. The summed E-state index contributed by atoms with van der Waals surface area (Å²) < 4.78 is 5.19. The molecule has 4 N–H and O–H groups in total. The lowest BCUT2D eigenvalue weighted by Gasteiger charge is -2.22. The van der Waals surface area contributed by atoms with Crippen LogP contribution in [0.1, 0.15) is 26.3 Å². The summed E-state index contributed by atoms with van der Waals surface area (Å²) >= 11 is 0. The average Bonchev–Trinajstić information content (AvgIpc) is 2.27. The Morgan fingerprint density at radius 1 is 1.32 bits per heavy atom. The predicted molar refractivity (Wildman–Crippen MR) is 73.8 cm³/mol. The SMILES string of the molecule is CC(C)(C)OC(=O)C(N)Cc1ccc(B(O)O)cc1. The van der Waals surface area contributed by atoms with E-state index in [4.69, 9.17) is 20.5 Å². The Balaban J connectivity index is 2.61. The third-order valence-electron chi connectivity index (χ3n) is 2.44. The van der Waals surface area contributed by atoms with E-state index in [1.54, 1.807) is 45.0 Å². The van der Waals surface area contributed by atoms with Gasteiger partial charge in [-0.05, 0) is 38.2 Å². The second kappa shape index (κ2) is 6.19. The summed E-state index contributed by atoms with van der Waals surface area (Å²) in [5.74, 6) is -0.446. The molecule has 0 saturated heterocycles. The van der Waals surface area contributed by atoms with E-state index in [2.05, 4.69) is 0 Å². The van der Waals surface area contributed by atoms with Crippen molar-refractivity contribution in [1.82, 2.24) is 0 Å². The topological polar surface area (TPSA) is 92.8 Å². The maximum atomic E-state index is 11.7. The van der Waals surface area contributed by atoms with E-state index >= 15 is 0 Å². The van der Waals surface area contributed by atoms with E-state index in [1.807, 2.05) is 0 Å². The van der Waals surface area contributed by atoms with Crippen molar-refractivity contribution in [2.24, 2.45) is 5.73 Å². The van der Waals surface area contributed by atoms with Gasteiger partial charge in [0, 0.05) is 0 Å². The first-order valence-electron chi connectivity index (χ1n) is 6.12. The van der Waals surface area contributed by atoms with Crippen molar-refractivity contribution in [2.75, 3.05) is 0 Å². The van der Waals surface area contributed by atoms with Gasteiger partial charge in [0.15, 0.2) is 0 Å². The number of carbonyl (C=O) groups excluding carboxylic acids is 1. The molecule has 0 bridgehead atoms. The van der Waals surface area contributed by atoms with Crippen LogP contribution in [0.15, 0.2) is 24.3 Å². The van der Waals surface area contributed by atoms with Crippen molar-refractivity contribution < 1.29 is 19.6 Å². The third kappa shape index (κ3) is 5.42. The smallest absolute Gasteiger partial charge is 0.459 e. The molecule has 0 fully saturated rings. The summed E-state index contributed by atoms with van der Waals surface area (Å²) in [7, 11) is -1.49. The number of rotatable bonds is 4. The highest BCUT2D eigenvalue weighted by Crippen LogP contribution is 2.10. The second-order valence-corrected chi connectivity index (χ2v) is 5.46. The molecule has 5 nitrogen and oxygen atoms in total. The third-order valence-corrected chi connectivity index (χ3v) is 2.44. The molecule has 1 aromatic carbocycles. The Labute approximate surface area is 113 Å². The minimum Gasteiger partial charge on any atom is -0.459 e. The molecule has 104 valence electrons. The van der Waals surface area contributed by atoms with Crippen molar-refractivity contribution in [3.05, 3.63) is 29.8 Å². The van der Waals surface area contributed by atoms with Gasteiger partial charge in [-0.15, -0.1) is 0 Å². The van der Waals surface area contributed by atoms with Crippen LogP contribution in [0.5, 0.6) is 0 Å². The fourth-order valence-corrected chi connectivity index (χ4v) is 1.54. The van der Waals surface area contributed by atoms with Crippen LogP contribution in [0.4, 0.5) is 0 Å². The number of hydrogen-bond donors (Lipinski definition) is 3. The Hall–Kier alpha value is -1.37. The van der Waals surface area contributed by atoms with Gasteiger partial charge < -0.3 is 20.5 Å². The quantitative estimate of drug-likeness (QED) is 0.508. The van der Waals surface area contributed by atoms with Crippen molar-refractivity contribution in [2.45, 2.75) is 38.8 Å². The van der Waals surface area contributed by atoms with Gasteiger partial charge in [-0.3, -0.25) is 4.79 Å². The molecule has 0 radical (unpaired) electrons. The minimum atomic E-state index is -1.49. The van der Waals surface area contributed by atoms with Crippen molar-refractivity contribution in [1.29, 1.82) is 0 Å². The standard InChI is InChI=1S/C13H20BNO4/c1-13(2,3)19-12(16)11(15)8-9-4-6-10(7-5-9)14(17)18/h4-7,11,17-18H,8,15H2,1-3H3. The number of nitrogens with two attached hydrogens (primary N) is 1. The molecule has 0 aliphatic rings. The Kier molecular flexibility index (Phi) is 5.11. The summed E-state index contributed by atoms with van der Waals surface area (Å²) in [6, 6.07) is 5.85. The first-order valence-corrected chi connectivity index (χ1v) is 6.12. The van der Waals surface area contributed by atoms with Crippen molar-refractivity contribution in [3.8, 4) is 0 Å².